The molecule has 0 aromatic heterocycles. The molecular formula is C26H29ClN2O4. The zero-order valence-corrected chi connectivity index (χ0v) is 19.1. The molecule has 0 radical (unpaired) electrons. The molecule has 7 heteroatoms. The molecule has 1 unspecified atom stereocenters. The summed E-state index contributed by atoms with van der Waals surface area (Å²) in [4.78, 5) is 11.9. The van der Waals surface area contributed by atoms with Crippen LogP contribution in [0.3, 0.4) is 0 Å². The zero-order valence-electron chi connectivity index (χ0n) is 18.3. The maximum absolute atomic E-state index is 11.9. The Bertz CT molecular complexity index is 1030. The Morgan fingerprint density at radius 2 is 1.67 bits per heavy atom. The number of aliphatic hydroxyl groups is 1. The SMILES string of the molecule is Cl.O=C1COc2c(CCNC(O)CCc3ccccc3)ccc(OCc3ccccc3)c2N1. The van der Waals surface area contributed by atoms with Crippen LogP contribution in [-0.2, 0) is 24.2 Å². The van der Waals surface area contributed by atoms with Crippen molar-refractivity contribution >= 4 is 24.0 Å². The molecule has 0 aliphatic carbocycles. The molecule has 6 nitrogen and oxygen atoms in total. The van der Waals surface area contributed by atoms with Gasteiger partial charge in [-0.2, -0.15) is 0 Å². The van der Waals surface area contributed by atoms with Gasteiger partial charge in [0.15, 0.2) is 12.4 Å². The standard InChI is InChI=1S/C26H28N2O4.ClH/c29-23(14-11-19-7-3-1-4-8-19)27-16-15-21-12-13-22(25-26(21)32-18-24(30)28-25)31-17-20-9-5-2-6-10-20;/h1-10,12-13,23,27,29H,11,14-18H2,(H,28,30);1H. The first-order valence-electron chi connectivity index (χ1n) is 10.9. The number of aliphatic hydroxyl groups excluding tert-OH is 1. The Hall–Kier alpha value is -3.06. The molecule has 1 aliphatic heterocycles. The predicted octanol–water partition coefficient (Wildman–Crippen LogP) is 4.10. The lowest BCUT2D eigenvalue weighted by molar-refractivity contribution is -0.118. The van der Waals surface area contributed by atoms with E-state index in [0.29, 0.717) is 43.2 Å². The van der Waals surface area contributed by atoms with Crippen molar-refractivity contribution in [3.8, 4) is 11.5 Å². The maximum atomic E-state index is 11.9. The monoisotopic (exact) mass is 468 g/mol. The second-order valence-electron chi connectivity index (χ2n) is 7.78. The number of hydrogen-bond donors (Lipinski definition) is 3. The van der Waals surface area contributed by atoms with Crippen molar-refractivity contribution in [3.05, 3.63) is 89.5 Å². The highest BCUT2D eigenvalue weighted by molar-refractivity contribution is 5.97. The van der Waals surface area contributed by atoms with E-state index < -0.39 is 6.23 Å². The van der Waals surface area contributed by atoms with E-state index in [1.165, 1.54) is 5.56 Å². The lowest BCUT2D eigenvalue weighted by Crippen LogP contribution is -2.31. The minimum Gasteiger partial charge on any atom is -0.487 e. The van der Waals surface area contributed by atoms with Gasteiger partial charge in [-0.3, -0.25) is 10.1 Å². The van der Waals surface area contributed by atoms with Crippen LogP contribution in [0.25, 0.3) is 0 Å². The van der Waals surface area contributed by atoms with Crippen LogP contribution in [0.15, 0.2) is 72.8 Å². The molecule has 174 valence electrons. The summed E-state index contributed by atoms with van der Waals surface area (Å²) < 4.78 is 11.7. The van der Waals surface area contributed by atoms with Crippen LogP contribution in [0.2, 0.25) is 0 Å². The number of ether oxygens (including phenoxy) is 2. The highest BCUT2D eigenvalue weighted by Crippen LogP contribution is 2.40. The first-order valence-corrected chi connectivity index (χ1v) is 10.9. The number of amides is 1. The number of fused-ring (bicyclic) bond motifs is 1. The van der Waals surface area contributed by atoms with Crippen molar-refractivity contribution < 1.29 is 19.4 Å². The molecule has 1 heterocycles. The molecule has 1 atom stereocenters. The Labute approximate surface area is 200 Å². The van der Waals surface area contributed by atoms with Gasteiger partial charge in [0.1, 0.15) is 24.3 Å². The fourth-order valence-corrected chi connectivity index (χ4v) is 3.68. The van der Waals surface area contributed by atoms with E-state index in [0.717, 1.165) is 17.5 Å². The van der Waals surface area contributed by atoms with E-state index >= 15 is 0 Å². The molecule has 3 aromatic carbocycles. The van der Waals surface area contributed by atoms with E-state index in [9.17, 15) is 9.90 Å². The third-order valence-corrected chi connectivity index (χ3v) is 5.37. The van der Waals surface area contributed by atoms with Gasteiger partial charge < -0.3 is 19.9 Å². The number of halogens is 1. The van der Waals surface area contributed by atoms with Gasteiger partial charge in [0.05, 0.1) is 0 Å². The van der Waals surface area contributed by atoms with Crippen molar-refractivity contribution in [1.29, 1.82) is 0 Å². The summed E-state index contributed by atoms with van der Waals surface area (Å²) in [5.41, 5.74) is 3.77. The van der Waals surface area contributed by atoms with E-state index in [1.807, 2.05) is 60.7 Å². The van der Waals surface area contributed by atoms with E-state index in [2.05, 4.69) is 22.8 Å². The summed E-state index contributed by atoms with van der Waals surface area (Å²) in [5, 5.41) is 16.3. The van der Waals surface area contributed by atoms with Crippen LogP contribution < -0.4 is 20.1 Å². The molecule has 0 bridgehead atoms. The molecule has 3 N–H and O–H groups in total. The Kier molecular flexibility index (Phi) is 9.13. The minimum atomic E-state index is -0.583. The fourth-order valence-electron chi connectivity index (χ4n) is 3.68. The van der Waals surface area contributed by atoms with Crippen molar-refractivity contribution in [1.82, 2.24) is 5.32 Å². The largest absolute Gasteiger partial charge is 0.487 e. The number of rotatable bonds is 10. The molecule has 0 saturated carbocycles. The Morgan fingerprint density at radius 1 is 0.970 bits per heavy atom. The number of carbonyl (C=O) groups excluding carboxylic acids is 1. The van der Waals surface area contributed by atoms with Crippen LogP contribution >= 0.6 is 12.4 Å². The van der Waals surface area contributed by atoms with Gasteiger partial charge in [-0.05, 0) is 42.0 Å². The molecular weight excluding hydrogens is 440 g/mol. The lowest BCUT2D eigenvalue weighted by atomic mass is 10.1. The number of benzene rings is 3. The van der Waals surface area contributed by atoms with Crippen LogP contribution in [0, 0.1) is 0 Å². The Balaban J connectivity index is 0.00000306. The van der Waals surface area contributed by atoms with Gasteiger partial charge in [-0.15, -0.1) is 12.4 Å². The summed E-state index contributed by atoms with van der Waals surface area (Å²) in [6, 6.07) is 23.8. The van der Waals surface area contributed by atoms with Crippen LogP contribution in [-0.4, -0.2) is 30.4 Å². The second kappa shape index (κ2) is 12.3. The molecule has 0 fully saturated rings. The first-order chi connectivity index (χ1) is 15.7. The van der Waals surface area contributed by atoms with Gasteiger partial charge in [-0.25, -0.2) is 0 Å². The number of nitrogens with one attached hydrogen (secondary N) is 2. The molecule has 33 heavy (non-hydrogen) atoms. The molecule has 1 aliphatic rings. The lowest BCUT2D eigenvalue weighted by Gasteiger charge is -2.24. The van der Waals surface area contributed by atoms with Gasteiger partial charge in [0, 0.05) is 6.54 Å². The summed E-state index contributed by atoms with van der Waals surface area (Å²) in [7, 11) is 0. The van der Waals surface area contributed by atoms with Crippen LogP contribution in [0.4, 0.5) is 5.69 Å². The van der Waals surface area contributed by atoms with Gasteiger partial charge in [0.25, 0.3) is 5.91 Å². The third kappa shape index (κ3) is 6.96. The van der Waals surface area contributed by atoms with E-state index in [4.69, 9.17) is 9.47 Å². The Morgan fingerprint density at radius 3 is 2.39 bits per heavy atom. The van der Waals surface area contributed by atoms with Gasteiger partial charge >= 0.3 is 0 Å². The average Bonchev–Trinajstić information content (AvgIpc) is 2.83. The minimum absolute atomic E-state index is 0. The van der Waals surface area contributed by atoms with Crippen molar-refractivity contribution in [2.75, 3.05) is 18.5 Å². The molecule has 1 amide bonds. The number of hydrogen-bond acceptors (Lipinski definition) is 5. The number of carbonyl (C=O) groups is 1. The summed E-state index contributed by atoms with van der Waals surface area (Å²) in [6.07, 6.45) is 1.52. The molecule has 3 aromatic rings. The first kappa shape index (κ1) is 24.6. The van der Waals surface area contributed by atoms with Crippen molar-refractivity contribution in [2.45, 2.75) is 32.1 Å². The van der Waals surface area contributed by atoms with Crippen molar-refractivity contribution in [2.24, 2.45) is 0 Å². The van der Waals surface area contributed by atoms with Crippen LogP contribution in [0.5, 0.6) is 11.5 Å². The van der Waals surface area contributed by atoms with E-state index in [1.54, 1.807) is 0 Å². The highest BCUT2D eigenvalue weighted by atomic mass is 35.5. The maximum Gasteiger partial charge on any atom is 0.262 e. The van der Waals surface area contributed by atoms with Gasteiger partial charge in [-0.1, -0.05) is 66.7 Å². The number of aryl methyl sites for hydroxylation is 1. The smallest absolute Gasteiger partial charge is 0.262 e. The molecule has 0 saturated heterocycles. The summed E-state index contributed by atoms with van der Waals surface area (Å²) in [6.45, 7) is 0.969. The topological polar surface area (TPSA) is 79.8 Å². The summed E-state index contributed by atoms with van der Waals surface area (Å²) in [5.74, 6) is 1.01. The normalized spacial score (nSPS) is 13.2. The fraction of sp³-hybridized carbons (Fsp3) is 0.269. The zero-order chi connectivity index (χ0) is 22.2. The van der Waals surface area contributed by atoms with Crippen LogP contribution in [0.1, 0.15) is 23.1 Å². The molecule has 0 spiro atoms. The van der Waals surface area contributed by atoms with Crippen molar-refractivity contribution in [3.63, 3.8) is 0 Å². The highest BCUT2D eigenvalue weighted by Gasteiger charge is 2.23. The van der Waals surface area contributed by atoms with E-state index in [-0.39, 0.29) is 24.9 Å². The second-order valence-corrected chi connectivity index (χ2v) is 7.78. The third-order valence-electron chi connectivity index (χ3n) is 5.37. The summed E-state index contributed by atoms with van der Waals surface area (Å²) >= 11 is 0. The number of anilines is 1. The average molecular weight is 469 g/mol. The predicted molar refractivity (Wildman–Crippen MR) is 131 cm³/mol. The quantitative estimate of drug-likeness (QED) is 0.390. The van der Waals surface area contributed by atoms with Gasteiger partial charge in [0.2, 0.25) is 0 Å². The molecule has 4 rings (SSSR count).